The second kappa shape index (κ2) is 9.32. The third kappa shape index (κ3) is 4.50. The Morgan fingerprint density at radius 2 is 2.10 bits per heavy atom. The maximum absolute atomic E-state index is 11.9. The predicted octanol–water partition coefficient (Wildman–Crippen LogP) is 3.06. The van der Waals surface area contributed by atoms with Gasteiger partial charge in [0.15, 0.2) is 5.96 Å². The van der Waals surface area contributed by atoms with Gasteiger partial charge in [-0.25, -0.2) is 9.98 Å². The number of guanidine groups is 1. The van der Waals surface area contributed by atoms with Crippen LogP contribution >= 0.6 is 0 Å². The quantitative estimate of drug-likeness (QED) is 0.610. The van der Waals surface area contributed by atoms with Gasteiger partial charge < -0.3 is 19.7 Å². The van der Waals surface area contributed by atoms with Gasteiger partial charge >= 0.3 is 0 Å². The van der Waals surface area contributed by atoms with Crippen LogP contribution in [0.1, 0.15) is 44.7 Å². The average Bonchev–Trinajstić information content (AvgIpc) is 3.44. The monoisotopic (exact) mass is 408 g/mol. The van der Waals surface area contributed by atoms with E-state index in [1.807, 2.05) is 29.6 Å². The molecule has 1 aromatic heterocycles. The largest absolute Gasteiger partial charge is 0.357 e. The van der Waals surface area contributed by atoms with Crippen LogP contribution in [0.4, 0.5) is 5.69 Å². The third-order valence-corrected chi connectivity index (χ3v) is 6.19. The fourth-order valence-corrected chi connectivity index (χ4v) is 4.39. The number of nitrogens with zero attached hydrogens (tertiary/aromatic N) is 5. The zero-order valence-corrected chi connectivity index (χ0v) is 18.0. The molecule has 7 nitrogen and oxygen atoms in total. The fraction of sp³-hybridized carbons (Fsp3) is 0.522. The van der Waals surface area contributed by atoms with Crippen molar-refractivity contribution in [3.63, 3.8) is 0 Å². The minimum atomic E-state index is 0.224. The summed E-state index contributed by atoms with van der Waals surface area (Å²) in [5.41, 5.74) is 2.14. The molecule has 0 spiro atoms. The van der Waals surface area contributed by atoms with Gasteiger partial charge in [0.25, 0.3) is 0 Å². The molecule has 0 radical (unpaired) electrons. The number of likely N-dealkylation sites (tertiary alicyclic amines) is 1. The summed E-state index contributed by atoms with van der Waals surface area (Å²) in [6, 6.07) is 8.65. The highest BCUT2D eigenvalue weighted by Crippen LogP contribution is 2.27. The van der Waals surface area contributed by atoms with Crippen LogP contribution in [0, 0.1) is 5.92 Å². The first-order valence-electron chi connectivity index (χ1n) is 11.1. The van der Waals surface area contributed by atoms with Gasteiger partial charge in [-0.05, 0) is 43.4 Å². The van der Waals surface area contributed by atoms with E-state index in [-0.39, 0.29) is 5.91 Å². The van der Waals surface area contributed by atoms with Crippen LogP contribution in [0.2, 0.25) is 0 Å². The first kappa shape index (κ1) is 20.4. The molecule has 4 rings (SSSR count). The molecule has 0 saturated carbocycles. The van der Waals surface area contributed by atoms with E-state index in [9.17, 15) is 4.79 Å². The average molecular weight is 409 g/mol. The summed E-state index contributed by atoms with van der Waals surface area (Å²) in [6.45, 7) is 8.66. The van der Waals surface area contributed by atoms with Gasteiger partial charge in [-0.3, -0.25) is 4.79 Å². The summed E-state index contributed by atoms with van der Waals surface area (Å²) in [4.78, 5) is 25.3. The van der Waals surface area contributed by atoms with Crippen molar-refractivity contribution in [1.29, 1.82) is 0 Å². The molecule has 1 amide bonds. The Hall–Kier alpha value is -2.83. The van der Waals surface area contributed by atoms with E-state index in [1.165, 1.54) is 0 Å². The molecule has 2 fully saturated rings. The van der Waals surface area contributed by atoms with Crippen molar-refractivity contribution in [3.05, 3.63) is 48.5 Å². The number of aromatic nitrogens is 2. The molecule has 160 valence electrons. The van der Waals surface area contributed by atoms with E-state index in [0.717, 1.165) is 56.2 Å². The topological polar surface area (TPSA) is 65.8 Å². The van der Waals surface area contributed by atoms with Crippen LogP contribution in [0.25, 0.3) is 0 Å². The molecular weight excluding hydrogens is 376 g/mol. The molecular formula is C23H32N6O. The van der Waals surface area contributed by atoms with E-state index < -0.39 is 0 Å². The van der Waals surface area contributed by atoms with Gasteiger partial charge in [0.2, 0.25) is 5.91 Å². The molecule has 0 aliphatic carbocycles. The minimum Gasteiger partial charge on any atom is -0.357 e. The first-order valence-corrected chi connectivity index (χ1v) is 11.1. The highest BCUT2D eigenvalue weighted by atomic mass is 16.2. The maximum atomic E-state index is 11.9. The van der Waals surface area contributed by atoms with E-state index in [2.05, 4.69) is 51.9 Å². The number of benzene rings is 1. The van der Waals surface area contributed by atoms with Crippen LogP contribution < -0.4 is 10.2 Å². The molecule has 0 bridgehead atoms. The van der Waals surface area contributed by atoms with E-state index in [4.69, 9.17) is 4.99 Å². The van der Waals surface area contributed by atoms with Crippen molar-refractivity contribution in [2.45, 2.75) is 45.7 Å². The molecule has 2 unspecified atom stereocenters. The van der Waals surface area contributed by atoms with Crippen LogP contribution in [-0.2, 0) is 11.3 Å². The minimum absolute atomic E-state index is 0.224. The molecule has 3 heterocycles. The molecule has 30 heavy (non-hydrogen) atoms. The number of aliphatic imine (C=N–C) groups is 1. The van der Waals surface area contributed by atoms with Crippen molar-refractivity contribution in [3.8, 4) is 0 Å². The zero-order valence-electron chi connectivity index (χ0n) is 18.0. The SMILES string of the molecule is CCNC(=NCc1ccc(N2CCCC2=O)cc1)N1CCC(C)C(n2ccnc2)C1. The number of hydrogen-bond acceptors (Lipinski definition) is 3. The van der Waals surface area contributed by atoms with Crippen LogP contribution in [-0.4, -0.2) is 52.5 Å². The lowest BCUT2D eigenvalue weighted by molar-refractivity contribution is -0.117. The van der Waals surface area contributed by atoms with Crippen molar-refractivity contribution < 1.29 is 4.79 Å². The number of amides is 1. The van der Waals surface area contributed by atoms with Gasteiger partial charge in [0, 0.05) is 50.7 Å². The van der Waals surface area contributed by atoms with Gasteiger partial charge in [-0.2, -0.15) is 0 Å². The molecule has 2 atom stereocenters. The van der Waals surface area contributed by atoms with E-state index >= 15 is 0 Å². The summed E-state index contributed by atoms with van der Waals surface area (Å²) >= 11 is 0. The lowest BCUT2D eigenvalue weighted by atomic mass is 9.93. The standard InChI is InChI=1S/C23H32N6O/c1-3-25-23(27-13-10-18(2)21(16-27)28-14-11-24-17-28)26-15-19-6-8-20(9-7-19)29-12-4-5-22(29)30/h6-9,11,14,17-18,21H,3-5,10,12-13,15-16H2,1-2H3,(H,25,26). The van der Waals surface area contributed by atoms with Crippen LogP contribution in [0.15, 0.2) is 48.0 Å². The first-order chi connectivity index (χ1) is 14.7. The molecule has 1 aromatic carbocycles. The molecule has 2 aliphatic rings. The number of imidazole rings is 1. The number of carbonyl (C=O) groups is 1. The van der Waals surface area contributed by atoms with Gasteiger partial charge in [-0.1, -0.05) is 19.1 Å². The number of piperidine rings is 1. The van der Waals surface area contributed by atoms with E-state index in [0.29, 0.717) is 24.9 Å². The number of anilines is 1. The van der Waals surface area contributed by atoms with Crippen LogP contribution in [0.3, 0.4) is 0 Å². The summed E-state index contributed by atoms with van der Waals surface area (Å²) < 4.78 is 2.22. The second-order valence-corrected chi connectivity index (χ2v) is 8.27. The second-order valence-electron chi connectivity index (χ2n) is 8.27. The Bertz CT molecular complexity index is 860. The Kier molecular flexibility index (Phi) is 6.35. The lowest BCUT2D eigenvalue weighted by Gasteiger charge is -2.39. The Labute approximate surface area is 178 Å². The molecule has 2 aromatic rings. The summed E-state index contributed by atoms with van der Waals surface area (Å²) in [6.07, 6.45) is 8.57. The summed E-state index contributed by atoms with van der Waals surface area (Å²) in [7, 11) is 0. The van der Waals surface area contributed by atoms with Crippen molar-refractivity contribution in [2.75, 3.05) is 31.1 Å². The smallest absolute Gasteiger partial charge is 0.227 e. The van der Waals surface area contributed by atoms with Gasteiger partial charge in [0.05, 0.1) is 18.9 Å². The zero-order chi connectivity index (χ0) is 20.9. The Balaban J connectivity index is 1.44. The summed E-state index contributed by atoms with van der Waals surface area (Å²) in [5.74, 6) is 1.80. The van der Waals surface area contributed by atoms with Crippen molar-refractivity contribution in [1.82, 2.24) is 19.8 Å². The third-order valence-electron chi connectivity index (χ3n) is 6.19. The van der Waals surface area contributed by atoms with Gasteiger partial charge in [0.1, 0.15) is 0 Å². The highest BCUT2D eigenvalue weighted by Gasteiger charge is 2.29. The Morgan fingerprint density at radius 1 is 1.27 bits per heavy atom. The normalized spacial score (nSPS) is 22.6. The number of hydrogen-bond donors (Lipinski definition) is 1. The number of carbonyl (C=O) groups excluding carboxylic acids is 1. The van der Waals surface area contributed by atoms with Crippen molar-refractivity contribution >= 4 is 17.6 Å². The lowest BCUT2D eigenvalue weighted by Crippen LogP contribution is -2.49. The molecule has 1 N–H and O–H groups in total. The van der Waals surface area contributed by atoms with E-state index in [1.54, 1.807) is 0 Å². The Morgan fingerprint density at radius 3 is 2.77 bits per heavy atom. The highest BCUT2D eigenvalue weighted by molar-refractivity contribution is 5.95. The number of nitrogens with one attached hydrogen (secondary N) is 1. The van der Waals surface area contributed by atoms with Crippen LogP contribution in [0.5, 0.6) is 0 Å². The van der Waals surface area contributed by atoms with Gasteiger partial charge in [-0.15, -0.1) is 0 Å². The summed E-state index contributed by atoms with van der Waals surface area (Å²) in [5, 5.41) is 3.46. The fourth-order valence-electron chi connectivity index (χ4n) is 4.39. The molecule has 7 heteroatoms. The maximum Gasteiger partial charge on any atom is 0.227 e. The number of rotatable bonds is 5. The molecule has 2 aliphatic heterocycles. The predicted molar refractivity (Wildman–Crippen MR) is 119 cm³/mol. The molecule has 2 saturated heterocycles. The van der Waals surface area contributed by atoms with Crippen molar-refractivity contribution in [2.24, 2.45) is 10.9 Å².